The van der Waals surface area contributed by atoms with Crippen molar-refractivity contribution in [1.29, 1.82) is 0 Å². The predicted octanol–water partition coefficient (Wildman–Crippen LogP) is 0.997. The number of rotatable bonds is 6. The summed E-state index contributed by atoms with van der Waals surface area (Å²) in [6.45, 7) is 1.70. The van der Waals surface area contributed by atoms with Crippen LogP contribution >= 0.6 is 0 Å². The number of nitro benzene ring substituents is 1. The van der Waals surface area contributed by atoms with Crippen LogP contribution in [0.5, 0.6) is 0 Å². The van der Waals surface area contributed by atoms with Gasteiger partial charge in [0.25, 0.3) is 5.69 Å². The molecule has 1 aromatic rings. The highest BCUT2D eigenvalue weighted by Gasteiger charge is 2.21. The zero-order valence-electron chi connectivity index (χ0n) is 10.2. The molecule has 1 atom stereocenters. The lowest BCUT2D eigenvalue weighted by atomic mass is 10.0. The fraction of sp³-hybridized carbons (Fsp3) is 0.273. The van der Waals surface area contributed by atoms with E-state index in [0.29, 0.717) is 12.0 Å². The van der Waals surface area contributed by atoms with Crippen LogP contribution in [-0.4, -0.2) is 17.4 Å². The number of carbonyl (C=O) groups is 2. The third-order valence-corrected chi connectivity index (χ3v) is 2.41. The van der Waals surface area contributed by atoms with Gasteiger partial charge in [0.2, 0.25) is 6.41 Å². The molecule has 1 unspecified atom stereocenters. The molecule has 1 rings (SSSR count). The maximum Gasteiger partial charge on any atom is 0.405 e. The fourth-order valence-electron chi connectivity index (χ4n) is 1.60. The molecule has 102 valence electrons. The van der Waals surface area contributed by atoms with Gasteiger partial charge in [-0.15, -0.1) is 0 Å². The Morgan fingerprint density at radius 3 is 2.84 bits per heavy atom. The van der Waals surface area contributed by atoms with Crippen molar-refractivity contribution in [3.63, 3.8) is 0 Å². The van der Waals surface area contributed by atoms with E-state index < -0.39 is 17.1 Å². The van der Waals surface area contributed by atoms with Crippen molar-refractivity contribution < 1.29 is 19.2 Å². The SMILES string of the molecule is CC(OC(N)=O)c1cc(CNC=O)ccc1[N+](=O)[O-]. The van der Waals surface area contributed by atoms with Gasteiger partial charge < -0.3 is 15.8 Å². The van der Waals surface area contributed by atoms with Crippen molar-refractivity contribution in [2.75, 3.05) is 0 Å². The Balaban J connectivity index is 3.10. The number of ether oxygens (including phenoxy) is 1. The van der Waals surface area contributed by atoms with Crippen molar-refractivity contribution in [3.05, 3.63) is 39.4 Å². The van der Waals surface area contributed by atoms with E-state index in [1.54, 1.807) is 0 Å². The molecule has 0 radical (unpaired) electrons. The number of primary amides is 1. The molecule has 1 aromatic carbocycles. The van der Waals surface area contributed by atoms with E-state index >= 15 is 0 Å². The summed E-state index contributed by atoms with van der Waals surface area (Å²) in [6.07, 6.45) is -1.35. The first-order valence-electron chi connectivity index (χ1n) is 5.36. The maximum atomic E-state index is 10.9. The van der Waals surface area contributed by atoms with Crippen molar-refractivity contribution in [3.8, 4) is 0 Å². The smallest absolute Gasteiger partial charge is 0.405 e. The topological polar surface area (TPSA) is 125 Å². The number of nitro groups is 1. The first-order valence-corrected chi connectivity index (χ1v) is 5.36. The molecule has 0 saturated heterocycles. The lowest BCUT2D eigenvalue weighted by Crippen LogP contribution is -2.17. The number of nitrogens with two attached hydrogens (primary N) is 1. The van der Waals surface area contributed by atoms with Gasteiger partial charge in [-0.2, -0.15) is 0 Å². The molecular weight excluding hydrogens is 254 g/mol. The van der Waals surface area contributed by atoms with Crippen LogP contribution in [0.3, 0.4) is 0 Å². The van der Waals surface area contributed by atoms with Crippen LogP contribution in [0.25, 0.3) is 0 Å². The van der Waals surface area contributed by atoms with Crippen molar-refractivity contribution in [1.82, 2.24) is 5.32 Å². The highest BCUT2D eigenvalue weighted by molar-refractivity contribution is 5.65. The van der Waals surface area contributed by atoms with Crippen LogP contribution in [0.4, 0.5) is 10.5 Å². The van der Waals surface area contributed by atoms with E-state index in [9.17, 15) is 19.7 Å². The summed E-state index contributed by atoms with van der Waals surface area (Å²) in [6, 6.07) is 4.29. The van der Waals surface area contributed by atoms with Gasteiger partial charge in [0, 0.05) is 12.6 Å². The third-order valence-electron chi connectivity index (χ3n) is 2.41. The molecule has 3 N–H and O–H groups in total. The van der Waals surface area contributed by atoms with Crippen molar-refractivity contribution in [2.24, 2.45) is 5.73 Å². The van der Waals surface area contributed by atoms with Crippen LogP contribution in [-0.2, 0) is 16.1 Å². The Kier molecular flexibility index (Phi) is 4.81. The Morgan fingerprint density at radius 1 is 1.63 bits per heavy atom. The van der Waals surface area contributed by atoms with E-state index in [0.717, 1.165) is 0 Å². The summed E-state index contributed by atoms with van der Waals surface area (Å²) < 4.78 is 4.73. The summed E-state index contributed by atoms with van der Waals surface area (Å²) in [5, 5.41) is 13.3. The van der Waals surface area contributed by atoms with E-state index in [1.165, 1.54) is 25.1 Å². The fourth-order valence-corrected chi connectivity index (χ4v) is 1.60. The molecule has 0 aromatic heterocycles. The van der Waals surface area contributed by atoms with Crippen molar-refractivity contribution >= 4 is 18.2 Å². The third kappa shape index (κ3) is 3.95. The number of carbonyl (C=O) groups excluding carboxylic acids is 2. The highest BCUT2D eigenvalue weighted by atomic mass is 16.6. The molecule has 19 heavy (non-hydrogen) atoms. The molecule has 0 fully saturated rings. The van der Waals surface area contributed by atoms with Crippen LogP contribution in [0.15, 0.2) is 18.2 Å². The number of nitrogens with one attached hydrogen (secondary N) is 1. The molecule has 2 amide bonds. The average molecular weight is 267 g/mol. The Labute approximate surface area is 108 Å². The Hall–Kier alpha value is -2.64. The van der Waals surface area contributed by atoms with Gasteiger partial charge in [0.1, 0.15) is 6.10 Å². The molecule has 0 aliphatic carbocycles. The van der Waals surface area contributed by atoms with Crippen molar-refractivity contribution in [2.45, 2.75) is 19.6 Å². The zero-order chi connectivity index (χ0) is 14.4. The van der Waals surface area contributed by atoms with Crippen LogP contribution < -0.4 is 11.1 Å². The Bertz CT molecular complexity index is 503. The van der Waals surface area contributed by atoms with Gasteiger partial charge in [0.05, 0.1) is 10.5 Å². The van der Waals surface area contributed by atoms with Crippen LogP contribution in [0.2, 0.25) is 0 Å². The molecule has 0 spiro atoms. The average Bonchev–Trinajstić information content (AvgIpc) is 2.35. The van der Waals surface area contributed by atoms with E-state index in [1.807, 2.05) is 0 Å². The predicted molar refractivity (Wildman–Crippen MR) is 65.1 cm³/mol. The molecule has 0 heterocycles. The summed E-state index contributed by atoms with van der Waals surface area (Å²) in [5.74, 6) is 0. The van der Waals surface area contributed by atoms with Gasteiger partial charge in [-0.25, -0.2) is 4.79 Å². The summed E-state index contributed by atoms with van der Waals surface area (Å²) in [7, 11) is 0. The van der Waals surface area contributed by atoms with E-state index in [4.69, 9.17) is 10.5 Å². The summed E-state index contributed by atoms with van der Waals surface area (Å²) in [4.78, 5) is 31.2. The van der Waals surface area contributed by atoms with E-state index in [-0.39, 0.29) is 17.8 Å². The number of benzene rings is 1. The number of hydrogen-bond donors (Lipinski definition) is 2. The van der Waals surface area contributed by atoms with Crippen LogP contribution in [0.1, 0.15) is 24.2 Å². The summed E-state index contributed by atoms with van der Waals surface area (Å²) in [5.41, 5.74) is 5.57. The lowest BCUT2D eigenvalue weighted by Gasteiger charge is -2.13. The lowest BCUT2D eigenvalue weighted by molar-refractivity contribution is -0.386. The monoisotopic (exact) mass is 267 g/mol. The zero-order valence-corrected chi connectivity index (χ0v) is 10.2. The minimum atomic E-state index is -1.02. The molecule has 8 heteroatoms. The maximum absolute atomic E-state index is 10.9. The first kappa shape index (κ1) is 14.4. The first-order chi connectivity index (χ1) is 8.95. The largest absolute Gasteiger partial charge is 0.442 e. The molecular formula is C11H13N3O5. The minimum absolute atomic E-state index is 0.177. The molecule has 0 aliphatic heterocycles. The standard InChI is InChI=1S/C11H13N3O5/c1-7(19-11(12)16)9-4-8(5-13-6-15)2-3-10(9)14(17)18/h2-4,6-7H,5H2,1H3,(H2,12,16)(H,13,15). The highest BCUT2D eigenvalue weighted by Crippen LogP contribution is 2.28. The van der Waals surface area contributed by atoms with E-state index in [2.05, 4.69) is 5.32 Å². The number of hydrogen-bond acceptors (Lipinski definition) is 5. The molecule has 0 aliphatic rings. The molecule has 0 saturated carbocycles. The van der Waals surface area contributed by atoms with Gasteiger partial charge >= 0.3 is 6.09 Å². The molecule has 0 bridgehead atoms. The normalized spacial score (nSPS) is 11.4. The summed E-state index contributed by atoms with van der Waals surface area (Å²) >= 11 is 0. The van der Waals surface area contributed by atoms with Gasteiger partial charge in [-0.1, -0.05) is 6.07 Å². The second kappa shape index (κ2) is 6.34. The Morgan fingerprint density at radius 2 is 2.32 bits per heavy atom. The van der Waals surface area contributed by atoms with Gasteiger partial charge in [-0.3, -0.25) is 14.9 Å². The quantitative estimate of drug-likeness (QED) is 0.452. The van der Waals surface area contributed by atoms with Gasteiger partial charge in [-0.05, 0) is 18.6 Å². The molecule has 8 nitrogen and oxygen atoms in total. The second-order valence-corrected chi connectivity index (χ2v) is 3.73. The van der Waals surface area contributed by atoms with Gasteiger partial charge in [0.15, 0.2) is 0 Å². The minimum Gasteiger partial charge on any atom is -0.442 e. The number of nitrogens with zero attached hydrogens (tertiary/aromatic N) is 1. The second-order valence-electron chi connectivity index (χ2n) is 3.73. The number of amides is 2. The van der Waals surface area contributed by atoms with Crippen LogP contribution in [0, 0.1) is 10.1 Å².